The summed E-state index contributed by atoms with van der Waals surface area (Å²) in [6.07, 6.45) is -6.73. The zero-order valence-electron chi connectivity index (χ0n) is 7.49. The third kappa shape index (κ3) is 2.82. The van der Waals surface area contributed by atoms with E-state index in [2.05, 4.69) is 4.98 Å². The number of aliphatic carboxylic acids is 1. The van der Waals surface area contributed by atoms with E-state index < -0.39 is 29.6 Å². The van der Waals surface area contributed by atoms with Gasteiger partial charge in [0.2, 0.25) is 0 Å². The van der Waals surface area contributed by atoms with E-state index >= 15 is 0 Å². The molecular weight excluding hydrogens is 342 g/mol. The fraction of sp³-hybridized carbons (Fsp3) is 0.250. The molecule has 1 heterocycles. The van der Waals surface area contributed by atoms with Crippen molar-refractivity contribution in [2.24, 2.45) is 0 Å². The maximum Gasteiger partial charge on any atom is 0.434 e. The fourth-order valence-corrected chi connectivity index (χ4v) is 1.54. The number of carbonyl (C=O) groups is 1. The second kappa shape index (κ2) is 4.53. The SMILES string of the molecule is O=C(O)C(O)c1ccc(I)c(C(F)(F)F)n1. The number of alkyl halides is 3. The van der Waals surface area contributed by atoms with Gasteiger partial charge >= 0.3 is 12.1 Å². The van der Waals surface area contributed by atoms with Crippen molar-refractivity contribution in [2.75, 3.05) is 0 Å². The molecule has 2 N–H and O–H groups in total. The topological polar surface area (TPSA) is 70.4 Å². The molecule has 1 aromatic heterocycles. The molecule has 1 unspecified atom stereocenters. The van der Waals surface area contributed by atoms with Gasteiger partial charge in [0.05, 0.1) is 5.69 Å². The Morgan fingerprint density at radius 2 is 2.00 bits per heavy atom. The van der Waals surface area contributed by atoms with Gasteiger partial charge in [-0.2, -0.15) is 13.2 Å². The van der Waals surface area contributed by atoms with Crippen molar-refractivity contribution in [1.82, 2.24) is 4.98 Å². The quantitative estimate of drug-likeness (QED) is 0.801. The Balaban J connectivity index is 3.23. The highest BCUT2D eigenvalue weighted by Gasteiger charge is 2.36. The molecule has 0 aliphatic heterocycles. The minimum atomic E-state index is -4.68. The van der Waals surface area contributed by atoms with E-state index in [0.29, 0.717) is 0 Å². The van der Waals surface area contributed by atoms with Crippen LogP contribution in [0.25, 0.3) is 0 Å². The average molecular weight is 347 g/mol. The summed E-state index contributed by atoms with van der Waals surface area (Å²) in [5.41, 5.74) is -1.74. The lowest BCUT2D eigenvalue weighted by atomic mass is 10.2. The number of carboxylic acids is 1. The zero-order chi connectivity index (χ0) is 12.5. The molecule has 0 aromatic carbocycles. The van der Waals surface area contributed by atoms with Gasteiger partial charge in [0, 0.05) is 3.57 Å². The monoisotopic (exact) mass is 347 g/mol. The van der Waals surface area contributed by atoms with Crippen LogP contribution in [0.3, 0.4) is 0 Å². The zero-order valence-corrected chi connectivity index (χ0v) is 9.65. The Morgan fingerprint density at radius 3 is 2.44 bits per heavy atom. The summed E-state index contributed by atoms with van der Waals surface area (Å²) in [5, 5.41) is 17.5. The minimum Gasteiger partial charge on any atom is -0.479 e. The maximum atomic E-state index is 12.4. The van der Waals surface area contributed by atoms with E-state index in [1.807, 2.05) is 0 Å². The van der Waals surface area contributed by atoms with Crippen molar-refractivity contribution in [3.05, 3.63) is 27.1 Å². The molecule has 0 radical (unpaired) electrons. The third-order valence-corrected chi connectivity index (χ3v) is 2.52. The molecule has 4 nitrogen and oxygen atoms in total. The lowest BCUT2D eigenvalue weighted by Gasteiger charge is -2.11. The standard InChI is InChI=1S/C8H5F3INO3/c9-8(10,11)6-3(12)1-2-4(13-6)5(14)7(15)16/h1-2,5,14H,(H,15,16). The van der Waals surface area contributed by atoms with Crippen LogP contribution in [0.4, 0.5) is 13.2 Å². The van der Waals surface area contributed by atoms with Crippen molar-refractivity contribution in [1.29, 1.82) is 0 Å². The van der Waals surface area contributed by atoms with Crippen molar-refractivity contribution >= 4 is 28.6 Å². The van der Waals surface area contributed by atoms with Crippen LogP contribution < -0.4 is 0 Å². The van der Waals surface area contributed by atoms with E-state index in [-0.39, 0.29) is 3.57 Å². The van der Waals surface area contributed by atoms with Crippen molar-refractivity contribution in [2.45, 2.75) is 12.3 Å². The third-order valence-electron chi connectivity index (χ3n) is 1.65. The van der Waals surface area contributed by atoms with E-state index in [0.717, 1.165) is 12.1 Å². The summed E-state index contributed by atoms with van der Waals surface area (Å²) >= 11 is 1.43. The number of aliphatic hydroxyl groups is 1. The van der Waals surface area contributed by atoms with Gasteiger partial charge in [-0.3, -0.25) is 0 Å². The van der Waals surface area contributed by atoms with Crippen LogP contribution in [0, 0.1) is 3.57 Å². The maximum absolute atomic E-state index is 12.4. The molecule has 0 aliphatic rings. The molecule has 0 bridgehead atoms. The number of rotatable bonds is 2. The van der Waals surface area contributed by atoms with Crippen molar-refractivity contribution in [3.8, 4) is 0 Å². The molecule has 0 amide bonds. The van der Waals surface area contributed by atoms with Crippen LogP contribution >= 0.6 is 22.6 Å². The van der Waals surface area contributed by atoms with Crippen LogP contribution in [-0.2, 0) is 11.0 Å². The van der Waals surface area contributed by atoms with Crippen molar-refractivity contribution in [3.63, 3.8) is 0 Å². The normalized spacial score (nSPS) is 13.6. The molecular formula is C8H5F3INO3. The molecule has 0 fully saturated rings. The van der Waals surface area contributed by atoms with Gasteiger partial charge in [0.15, 0.2) is 11.8 Å². The number of hydrogen-bond acceptors (Lipinski definition) is 3. The number of aromatic nitrogens is 1. The first-order valence-electron chi connectivity index (χ1n) is 3.88. The highest BCUT2D eigenvalue weighted by atomic mass is 127. The smallest absolute Gasteiger partial charge is 0.434 e. The Morgan fingerprint density at radius 1 is 1.44 bits per heavy atom. The Kier molecular flexibility index (Phi) is 3.73. The number of halogens is 4. The number of hydrogen-bond donors (Lipinski definition) is 2. The second-order valence-corrected chi connectivity index (χ2v) is 3.97. The van der Waals surface area contributed by atoms with Gasteiger partial charge in [-0.25, -0.2) is 9.78 Å². The molecule has 1 rings (SSSR count). The lowest BCUT2D eigenvalue weighted by molar-refractivity contribution is -0.148. The van der Waals surface area contributed by atoms with Crippen LogP contribution in [0.1, 0.15) is 17.5 Å². The molecule has 0 aliphatic carbocycles. The van der Waals surface area contributed by atoms with Gasteiger partial charge in [-0.15, -0.1) is 0 Å². The molecule has 88 valence electrons. The summed E-state index contributed by atoms with van der Waals surface area (Å²) < 4.78 is 37.0. The molecule has 0 spiro atoms. The van der Waals surface area contributed by atoms with Crippen molar-refractivity contribution < 1.29 is 28.2 Å². The number of aliphatic hydroxyl groups excluding tert-OH is 1. The molecule has 1 aromatic rings. The van der Waals surface area contributed by atoms with Crippen LogP contribution in [0.5, 0.6) is 0 Å². The number of pyridine rings is 1. The highest BCUT2D eigenvalue weighted by Crippen LogP contribution is 2.32. The van der Waals surface area contributed by atoms with Gasteiger partial charge in [0.1, 0.15) is 0 Å². The first-order valence-corrected chi connectivity index (χ1v) is 4.96. The predicted molar refractivity (Wildman–Crippen MR) is 54.6 cm³/mol. The van der Waals surface area contributed by atoms with Crippen LogP contribution in [-0.4, -0.2) is 21.2 Å². The number of nitrogens with zero attached hydrogens (tertiary/aromatic N) is 1. The highest BCUT2D eigenvalue weighted by molar-refractivity contribution is 14.1. The number of carboxylic acid groups (broad SMARTS) is 1. The fourth-order valence-electron chi connectivity index (χ4n) is 0.935. The summed E-state index contributed by atoms with van der Waals surface area (Å²) in [4.78, 5) is 13.5. The summed E-state index contributed by atoms with van der Waals surface area (Å²) in [6, 6.07) is 2.09. The van der Waals surface area contributed by atoms with E-state index in [4.69, 9.17) is 10.2 Å². The van der Waals surface area contributed by atoms with E-state index in [1.54, 1.807) is 0 Å². The minimum absolute atomic E-state index is 0.161. The van der Waals surface area contributed by atoms with Crippen LogP contribution in [0.15, 0.2) is 12.1 Å². The summed E-state index contributed by atoms with van der Waals surface area (Å²) in [7, 11) is 0. The first-order chi connectivity index (χ1) is 7.23. The molecule has 0 saturated heterocycles. The Bertz CT molecular complexity index is 421. The van der Waals surface area contributed by atoms with Gasteiger partial charge in [-0.05, 0) is 34.7 Å². The second-order valence-electron chi connectivity index (χ2n) is 2.81. The van der Waals surface area contributed by atoms with Gasteiger partial charge in [0.25, 0.3) is 0 Å². The molecule has 1 atom stereocenters. The van der Waals surface area contributed by atoms with Crippen LogP contribution in [0.2, 0.25) is 0 Å². The first kappa shape index (κ1) is 13.2. The largest absolute Gasteiger partial charge is 0.479 e. The summed E-state index contributed by atoms with van der Waals surface area (Å²) in [5.74, 6) is -1.65. The molecule has 0 saturated carbocycles. The van der Waals surface area contributed by atoms with E-state index in [1.165, 1.54) is 22.6 Å². The Labute approximate surface area is 101 Å². The van der Waals surface area contributed by atoms with Gasteiger partial charge in [-0.1, -0.05) is 0 Å². The molecule has 16 heavy (non-hydrogen) atoms. The average Bonchev–Trinajstić information content (AvgIpc) is 2.15. The molecule has 8 heteroatoms. The lowest BCUT2D eigenvalue weighted by Crippen LogP contribution is -2.17. The Hall–Kier alpha value is -0.900. The predicted octanol–water partition coefficient (Wildman–Crippen LogP) is 1.82. The summed E-state index contributed by atoms with van der Waals surface area (Å²) in [6.45, 7) is 0. The van der Waals surface area contributed by atoms with E-state index in [9.17, 15) is 18.0 Å². The van der Waals surface area contributed by atoms with Gasteiger partial charge < -0.3 is 10.2 Å².